The molecule has 2 atom stereocenters. The van der Waals surface area contributed by atoms with Crippen LogP contribution in [0.3, 0.4) is 0 Å². The minimum Gasteiger partial charge on any atom is -0.303 e. The van der Waals surface area contributed by atoms with Crippen molar-refractivity contribution in [3.05, 3.63) is 70.8 Å². The maximum Gasteiger partial charge on any atom is 0.0328 e. The molecule has 0 saturated carbocycles. The molecule has 0 amide bonds. The van der Waals surface area contributed by atoms with Gasteiger partial charge in [0, 0.05) is 12.1 Å². The molecule has 122 valence electrons. The second kappa shape index (κ2) is 6.49. The van der Waals surface area contributed by atoms with Crippen molar-refractivity contribution in [1.29, 1.82) is 0 Å². The van der Waals surface area contributed by atoms with Gasteiger partial charge in [-0.1, -0.05) is 69.3 Å². The van der Waals surface area contributed by atoms with Crippen molar-refractivity contribution in [3.8, 4) is 0 Å². The zero-order valence-electron chi connectivity index (χ0n) is 14.9. The largest absolute Gasteiger partial charge is 0.303 e. The summed E-state index contributed by atoms with van der Waals surface area (Å²) in [5, 5.41) is 3.87. The third-order valence-corrected chi connectivity index (χ3v) is 5.08. The molecule has 3 rings (SSSR count). The lowest BCUT2D eigenvalue weighted by atomic mass is 9.80. The van der Waals surface area contributed by atoms with Crippen molar-refractivity contribution in [2.24, 2.45) is 0 Å². The Labute approximate surface area is 141 Å². The predicted octanol–water partition coefficient (Wildman–Crippen LogP) is 5.71. The fourth-order valence-electron chi connectivity index (χ4n) is 3.58. The number of rotatable bonds is 3. The standard InChI is InChI=1S/C22H29N/c1-16(17-9-6-5-7-10-17)23-21-12-8-11-18-13-14-19(15-20(18)21)22(2,3)4/h5-7,9-10,13-16,21,23H,8,11-12H2,1-4H3. The van der Waals surface area contributed by atoms with Crippen LogP contribution in [0, 0.1) is 0 Å². The lowest BCUT2D eigenvalue weighted by Crippen LogP contribution is -2.28. The molecule has 1 N–H and O–H groups in total. The van der Waals surface area contributed by atoms with Crippen molar-refractivity contribution in [2.45, 2.75) is 64.5 Å². The van der Waals surface area contributed by atoms with Gasteiger partial charge in [-0.25, -0.2) is 0 Å². The molecule has 1 aliphatic carbocycles. The first kappa shape index (κ1) is 16.3. The summed E-state index contributed by atoms with van der Waals surface area (Å²) in [5.74, 6) is 0. The number of nitrogens with one attached hydrogen (secondary N) is 1. The van der Waals surface area contributed by atoms with E-state index in [9.17, 15) is 0 Å². The molecule has 2 aromatic carbocycles. The van der Waals surface area contributed by atoms with E-state index in [1.54, 1.807) is 0 Å². The first-order valence-electron chi connectivity index (χ1n) is 8.89. The molecule has 2 unspecified atom stereocenters. The van der Waals surface area contributed by atoms with E-state index in [4.69, 9.17) is 0 Å². The van der Waals surface area contributed by atoms with Gasteiger partial charge in [0.1, 0.15) is 0 Å². The van der Waals surface area contributed by atoms with E-state index in [1.807, 2.05) is 0 Å². The zero-order chi connectivity index (χ0) is 16.4. The van der Waals surface area contributed by atoms with Gasteiger partial charge in [0.2, 0.25) is 0 Å². The topological polar surface area (TPSA) is 12.0 Å². The molecular weight excluding hydrogens is 278 g/mol. The molecule has 0 fully saturated rings. The maximum atomic E-state index is 3.87. The molecule has 0 radical (unpaired) electrons. The van der Waals surface area contributed by atoms with Crippen molar-refractivity contribution in [2.75, 3.05) is 0 Å². The van der Waals surface area contributed by atoms with Crippen LogP contribution in [0.2, 0.25) is 0 Å². The van der Waals surface area contributed by atoms with E-state index in [-0.39, 0.29) is 5.41 Å². The highest BCUT2D eigenvalue weighted by Gasteiger charge is 2.24. The highest BCUT2D eigenvalue weighted by Crippen LogP contribution is 2.35. The molecule has 0 aromatic heterocycles. The Bertz CT molecular complexity index is 651. The van der Waals surface area contributed by atoms with Crippen molar-refractivity contribution in [1.82, 2.24) is 5.32 Å². The van der Waals surface area contributed by atoms with E-state index >= 15 is 0 Å². The lowest BCUT2D eigenvalue weighted by Gasteiger charge is -2.31. The number of benzene rings is 2. The minimum atomic E-state index is 0.210. The summed E-state index contributed by atoms with van der Waals surface area (Å²) >= 11 is 0. The SMILES string of the molecule is CC(NC1CCCc2ccc(C(C)(C)C)cc21)c1ccccc1. The Morgan fingerprint density at radius 3 is 2.48 bits per heavy atom. The number of fused-ring (bicyclic) bond motifs is 1. The van der Waals surface area contributed by atoms with Crippen molar-refractivity contribution >= 4 is 0 Å². The average Bonchev–Trinajstić information content (AvgIpc) is 2.54. The summed E-state index contributed by atoms with van der Waals surface area (Å²) in [4.78, 5) is 0. The highest BCUT2D eigenvalue weighted by molar-refractivity contribution is 5.39. The fourth-order valence-corrected chi connectivity index (χ4v) is 3.58. The summed E-state index contributed by atoms with van der Waals surface area (Å²) in [6.07, 6.45) is 3.73. The molecule has 0 bridgehead atoms. The van der Waals surface area contributed by atoms with Gasteiger partial charge in [-0.3, -0.25) is 0 Å². The Morgan fingerprint density at radius 1 is 1.04 bits per heavy atom. The summed E-state index contributed by atoms with van der Waals surface area (Å²) < 4.78 is 0. The summed E-state index contributed by atoms with van der Waals surface area (Å²) in [6, 6.07) is 18.7. The first-order chi connectivity index (χ1) is 10.9. The fraction of sp³-hybridized carbons (Fsp3) is 0.455. The van der Waals surface area contributed by atoms with Gasteiger partial charge in [0.15, 0.2) is 0 Å². The number of aryl methyl sites for hydroxylation is 1. The molecule has 2 aromatic rings. The molecule has 0 heterocycles. The van der Waals surface area contributed by atoms with Gasteiger partial charge >= 0.3 is 0 Å². The van der Waals surface area contributed by atoms with Gasteiger partial charge in [-0.15, -0.1) is 0 Å². The molecule has 1 nitrogen and oxygen atoms in total. The van der Waals surface area contributed by atoms with E-state index in [0.29, 0.717) is 12.1 Å². The van der Waals surface area contributed by atoms with Gasteiger partial charge < -0.3 is 5.32 Å². The Balaban J connectivity index is 1.86. The summed E-state index contributed by atoms with van der Waals surface area (Å²) in [7, 11) is 0. The Hall–Kier alpha value is -1.60. The van der Waals surface area contributed by atoms with Crippen LogP contribution >= 0.6 is 0 Å². The van der Waals surface area contributed by atoms with Crippen LogP contribution in [0.4, 0.5) is 0 Å². The van der Waals surface area contributed by atoms with E-state index in [1.165, 1.54) is 41.5 Å². The molecular formula is C22H29N. The normalized spacial score (nSPS) is 19.2. The van der Waals surface area contributed by atoms with Gasteiger partial charge in [0.25, 0.3) is 0 Å². The monoisotopic (exact) mass is 307 g/mol. The van der Waals surface area contributed by atoms with Crippen LogP contribution < -0.4 is 5.32 Å². The smallest absolute Gasteiger partial charge is 0.0328 e. The molecule has 0 aliphatic heterocycles. The molecule has 1 aliphatic rings. The van der Waals surface area contributed by atoms with Crippen LogP contribution in [0.25, 0.3) is 0 Å². The van der Waals surface area contributed by atoms with Crippen molar-refractivity contribution in [3.63, 3.8) is 0 Å². The Kier molecular flexibility index (Phi) is 4.59. The quantitative estimate of drug-likeness (QED) is 0.765. The van der Waals surface area contributed by atoms with E-state index < -0.39 is 0 Å². The molecule has 23 heavy (non-hydrogen) atoms. The molecule has 0 saturated heterocycles. The summed E-state index contributed by atoms with van der Waals surface area (Å²) in [5.41, 5.74) is 6.07. The van der Waals surface area contributed by atoms with Crippen LogP contribution in [0.5, 0.6) is 0 Å². The number of hydrogen-bond acceptors (Lipinski definition) is 1. The first-order valence-corrected chi connectivity index (χ1v) is 8.89. The van der Waals surface area contributed by atoms with Crippen LogP contribution in [0.1, 0.15) is 74.9 Å². The van der Waals surface area contributed by atoms with Gasteiger partial charge in [-0.2, -0.15) is 0 Å². The third kappa shape index (κ3) is 3.67. The summed E-state index contributed by atoms with van der Waals surface area (Å²) in [6.45, 7) is 9.17. The number of hydrogen-bond donors (Lipinski definition) is 1. The predicted molar refractivity (Wildman–Crippen MR) is 98.8 cm³/mol. The van der Waals surface area contributed by atoms with E-state index in [0.717, 1.165) is 0 Å². The zero-order valence-corrected chi connectivity index (χ0v) is 14.9. The van der Waals surface area contributed by atoms with E-state index in [2.05, 4.69) is 81.5 Å². The van der Waals surface area contributed by atoms with Crippen LogP contribution in [-0.4, -0.2) is 0 Å². The Morgan fingerprint density at radius 2 is 1.78 bits per heavy atom. The highest BCUT2D eigenvalue weighted by atomic mass is 14.9. The van der Waals surface area contributed by atoms with Crippen LogP contribution in [-0.2, 0) is 11.8 Å². The maximum absolute atomic E-state index is 3.87. The average molecular weight is 307 g/mol. The molecule has 1 heteroatoms. The molecule has 0 spiro atoms. The second-order valence-electron chi connectivity index (χ2n) is 7.91. The van der Waals surface area contributed by atoms with Crippen molar-refractivity contribution < 1.29 is 0 Å². The van der Waals surface area contributed by atoms with Gasteiger partial charge in [-0.05, 0) is 53.9 Å². The minimum absolute atomic E-state index is 0.210. The van der Waals surface area contributed by atoms with Gasteiger partial charge in [0.05, 0.1) is 0 Å². The third-order valence-electron chi connectivity index (χ3n) is 5.08. The second-order valence-corrected chi connectivity index (χ2v) is 7.91. The lowest BCUT2D eigenvalue weighted by molar-refractivity contribution is 0.414. The van der Waals surface area contributed by atoms with Crippen LogP contribution in [0.15, 0.2) is 48.5 Å².